The van der Waals surface area contributed by atoms with E-state index in [2.05, 4.69) is 16.0 Å². The van der Waals surface area contributed by atoms with Gasteiger partial charge in [0.15, 0.2) is 9.84 Å². The Labute approximate surface area is 192 Å². The number of carbonyl (C=O) groups is 2. The molecular formula is C22H28N4O6S. The molecular weight excluding hydrogens is 448 g/mol. The van der Waals surface area contributed by atoms with Crippen LogP contribution in [0, 0.1) is 16.0 Å². The molecule has 0 fully saturated rings. The van der Waals surface area contributed by atoms with Crippen molar-refractivity contribution in [3.05, 3.63) is 64.2 Å². The number of hydrogen-bond acceptors (Lipinski definition) is 7. The van der Waals surface area contributed by atoms with E-state index in [4.69, 9.17) is 0 Å². The number of hydrogen-bond donors (Lipinski definition) is 3. The molecule has 2 atom stereocenters. The minimum atomic E-state index is -3.59. The van der Waals surface area contributed by atoms with Gasteiger partial charge >= 0.3 is 0 Å². The Morgan fingerprint density at radius 2 is 1.76 bits per heavy atom. The van der Waals surface area contributed by atoms with Gasteiger partial charge < -0.3 is 16.0 Å². The van der Waals surface area contributed by atoms with Crippen molar-refractivity contribution in [2.24, 2.45) is 5.92 Å². The van der Waals surface area contributed by atoms with E-state index in [1.807, 2.05) is 13.8 Å². The second-order valence-electron chi connectivity index (χ2n) is 7.63. The van der Waals surface area contributed by atoms with E-state index in [1.54, 1.807) is 30.3 Å². The van der Waals surface area contributed by atoms with Crippen LogP contribution >= 0.6 is 0 Å². The summed E-state index contributed by atoms with van der Waals surface area (Å²) in [5.74, 6) is -0.830. The third kappa shape index (κ3) is 7.28. The molecule has 0 unspecified atom stereocenters. The average molecular weight is 477 g/mol. The van der Waals surface area contributed by atoms with Crippen LogP contribution in [-0.4, -0.2) is 50.5 Å². The monoisotopic (exact) mass is 476 g/mol. The third-order valence-electron chi connectivity index (χ3n) is 5.15. The Morgan fingerprint density at radius 3 is 2.33 bits per heavy atom. The Morgan fingerprint density at radius 1 is 1.09 bits per heavy atom. The second-order valence-corrected chi connectivity index (χ2v) is 9.64. The molecule has 2 amide bonds. The summed E-state index contributed by atoms with van der Waals surface area (Å²) >= 11 is 0. The molecule has 0 aromatic heterocycles. The molecule has 10 nitrogen and oxygen atoms in total. The van der Waals surface area contributed by atoms with Gasteiger partial charge in [-0.2, -0.15) is 0 Å². The van der Waals surface area contributed by atoms with Crippen LogP contribution < -0.4 is 16.0 Å². The van der Waals surface area contributed by atoms with Crippen molar-refractivity contribution in [3.8, 4) is 0 Å². The maximum Gasteiger partial charge on any atom is 0.293 e. The van der Waals surface area contributed by atoms with E-state index in [1.165, 1.54) is 12.1 Å². The molecule has 0 aliphatic rings. The Hall–Kier alpha value is -3.47. The first-order chi connectivity index (χ1) is 15.5. The first-order valence-corrected chi connectivity index (χ1v) is 12.3. The van der Waals surface area contributed by atoms with Crippen molar-refractivity contribution in [1.82, 2.24) is 10.6 Å². The third-order valence-corrected chi connectivity index (χ3v) is 6.26. The summed E-state index contributed by atoms with van der Waals surface area (Å²) in [5, 5.41) is 19.7. The van der Waals surface area contributed by atoms with Crippen LogP contribution in [0.15, 0.2) is 53.4 Å². The lowest BCUT2D eigenvalue weighted by molar-refractivity contribution is -0.384. The zero-order valence-electron chi connectivity index (χ0n) is 18.7. The van der Waals surface area contributed by atoms with E-state index in [9.17, 15) is 28.1 Å². The van der Waals surface area contributed by atoms with Crippen molar-refractivity contribution in [1.29, 1.82) is 0 Å². The first kappa shape index (κ1) is 25.8. The molecule has 0 spiro atoms. The van der Waals surface area contributed by atoms with Crippen LogP contribution in [-0.2, 0) is 14.6 Å². The molecule has 0 heterocycles. The highest BCUT2D eigenvalue weighted by Crippen LogP contribution is 2.27. The predicted octanol–water partition coefficient (Wildman–Crippen LogP) is 2.37. The summed E-state index contributed by atoms with van der Waals surface area (Å²) in [6.45, 7) is 4.07. The number of carbonyl (C=O) groups excluding carboxylic acids is 2. The fraction of sp³-hybridized carbons (Fsp3) is 0.364. The van der Waals surface area contributed by atoms with Gasteiger partial charge in [0.2, 0.25) is 5.91 Å². The van der Waals surface area contributed by atoms with Crippen molar-refractivity contribution in [3.63, 3.8) is 0 Å². The zero-order valence-corrected chi connectivity index (χ0v) is 19.5. The highest BCUT2D eigenvalue weighted by atomic mass is 32.2. The van der Waals surface area contributed by atoms with Crippen molar-refractivity contribution in [2.75, 3.05) is 24.7 Å². The molecule has 33 heavy (non-hydrogen) atoms. The van der Waals surface area contributed by atoms with Crippen LogP contribution in [0.3, 0.4) is 0 Å². The SMILES string of the molecule is CC[C@H](C)[C@H](NC(=O)c1ccccc1)C(=O)NCCNc1ccc(S(C)(=O)=O)cc1[N+](=O)[O-]. The van der Waals surface area contributed by atoms with Gasteiger partial charge in [0, 0.05) is 31.0 Å². The van der Waals surface area contributed by atoms with Gasteiger partial charge in [0.1, 0.15) is 11.7 Å². The lowest BCUT2D eigenvalue weighted by Gasteiger charge is -2.23. The summed E-state index contributed by atoms with van der Waals surface area (Å²) in [5.41, 5.74) is 0.208. The number of rotatable bonds is 11. The number of nitrogens with zero attached hydrogens (tertiary/aromatic N) is 1. The molecule has 0 bridgehead atoms. The number of nitro groups is 1. The quantitative estimate of drug-likeness (QED) is 0.256. The normalized spacial score (nSPS) is 12.9. The topological polar surface area (TPSA) is 148 Å². The average Bonchev–Trinajstić information content (AvgIpc) is 2.79. The van der Waals surface area contributed by atoms with Crippen LogP contribution in [0.5, 0.6) is 0 Å². The van der Waals surface area contributed by atoms with Gasteiger partial charge in [0.05, 0.1) is 9.82 Å². The minimum absolute atomic E-state index is 0.116. The van der Waals surface area contributed by atoms with Crippen molar-refractivity contribution in [2.45, 2.75) is 31.2 Å². The van der Waals surface area contributed by atoms with Gasteiger partial charge in [0.25, 0.3) is 11.6 Å². The van der Waals surface area contributed by atoms with Gasteiger partial charge in [-0.25, -0.2) is 8.42 Å². The number of benzene rings is 2. The lowest BCUT2D eigenvalue weighted by atomic mass is 9.98. The number of nitro benzene ring substituents is 1. The fourth-order valence-corrected chi connectivity index (χ4v) is 3.69. The summed E-state index contributed by atoms with van der Waals surface area (Å²) in [7, 11) is -3.59. The molecule has 2 aromatic rings. The van der Waals surface area contributed by atoms with E-state index in [0.29, 0.717) is 12.0 Å². The molecule has 0 saturated carbocycles. The molecule has 0 aliphatic heterocycles. The van der Waals surface area contributed by atoms with Gasteiger partial charge in [-0.3, -0.25) is 19.7 Å². The number of anilines is 1. The minimum Gasteiger partial charge on any atom is -0.378 e. The molecule has 0 radical (unpaired) electrons. The maximum atomic E-state index is 12.7. The predicted molar refractivity (Wildman–Crippen MR) is 125 cm³/mol. The van der Waals surface area contributed by atoms with Crippen molar-refractivity contribution < 1.29 is 22.9 Å². The summed E-state index contributed by atoms with van der Waals surface area (Å²) in [6, 6.07) is 11.4. The standard InChI is InChI=1S/C22H28N4O6S/c1-4-15(2)20(25-21(27)16-8-6-5-7-9-16)22(28)24-13-12-23-18-11-10-17(33(3,31)32)14-19(18)26(29)30/h5-11,14-15,20,23H,4,12-13H2,1-3H3,(H,24,28)(H,25,27)/t15-,20-/m0/s1. The van der Waals surface area contributed by atoms with E-state index in [0.717, 1.165) is 12.3 Å². The maximum absolute atomic E-state index is 12.7. The van der Waals surface area contributed by atoms with Gasteiger partial charge in [-0.1, -0.05) is 38.5 Å². The molecule has 3 N–H and O–H groups in total. The summed E-state index contributed by atoms with van der Waals surface area (Å²) in [4.78, 5) is 35.7. The van der Waals surface area contributed by atoms with Gasteiger partial charge in [-0.05, 0) is 30.2 Å². The smallest absolute Gasteiger partial charge is 0.293 e. The Bertz CT molecular complexity index is 1110. The Balaban J connectivity index is 1.99. The molecule has 0 saturated heterocycles. The molecule has 0 aliphatic carbocycles. The lowest BCUT2D eigenvalue weighted by Crippen LogP contribution is -2.50. The molecule has 2 rings (SSSR count). The summed E-state index contributed by atoms with van der Waals surface area (Å²) < 4.78 is 23.3. The highest BCUT2D eigenvalue weighted by Gasteiger charge is 2.26. The van der Waals surface area contributed by atoms with Crippen LogP contribution in [0.1, 0.15) is 30.6 Å². The van der Waals surface area contributed by atoms with E-state index in [-0.39, 0.29) is 47.1 Å². The first-order valence-electron chi connectivity index (χ1n) is 10.4. The Kier molecular flexibility index (Phi) is 8.92. The molecule has 178 valence electrons. The van der Waals surface area contributed by atoms with E-state index >= 15 is 0 Å². The van der Waals surface area contributed by atoms with Crippen LogP contribution in [0.25, 0.3) is 0 Å². The zero-order chi connectivity index (χ0) is 24.6. The highest BCUT2D eigenvalue weighted by molar-refractivity contribution is 7.90. The van der Waals surface area contributed by atoms with Crippen LogP contribution in [0.4, 0.5) is 11.4 Å². The molecule has 2 aromatic carbocycles. The van der Waals surface area contributed by atoms with Crippen molar-refractivity contribution >= 4 is 33.0 Å². The largest absolute Gasteiger partial charge is 0.378 e. The van der Waals surface area contributed by atoms with Crippen LogP contribution in [0.2, 0.25) is 0 Å². The second kappa shape index (κ2) is 11.4. The summed E-state index contributed by atoms with van der Waals surface area (Å²) in [6.07, 6.45) is 1.64. The van der Waals surface area contributed by atoms with Gasteiger partial charge in [-0.15, -0.1) is 0 Å². The number of nitrogens with one attached hydrogen (secondary N) is 3. The fourth-order valence-electron chi connectivity index (χ4n) is 3.05. The van der Waals surface area contributed by atoms with E-state index < -0.39 is 20.8 Å². The molecule has 11 heteroatoms. The number of sulfone groups is 1. The number of amides is 2.